The Balaban J connectivity index is 2.46. The van der Waals surface area contributed by atoms with Gasteiger partial charge in [-0.25, -0.2) is 5.43 Å². The number of hydrazine groups is 1. The standard InChI is InChI=1S/C13H20N4O2/c1-2-3-4-11(9-12(14)18)16-17-13(19)10-5-7-15-8-6-10/h5-8,11,16H,2-4,9H2,1H3,(H2,14,18)(H,17,19). The molecule has 0 aliphatic heterocycles. The maximum Gasteiger partial charge on any atom is 0.265 e. The smallest absolute Gasteiger partial charge is 0.265 e. The summed E-state index contributed by atoms with van der Waals surface area (Å²) in [6.45, 7) is 2.07. The van der Waals surface area contributed by atoms with E-state index in [-0.39, 0.29) is 24.3 Å². The Bertz CT molecular complexity index is 408. The van der Waals surface area contributed by atoms with E-state index >= 15 is 0 Å². The van der Waals surface area contributed by atoms with Crippen LogP contribution >= 0.6 is 0 Å². The number of carbonyl (C=O) groups excluding carboxylic acids is 2. The van der Waals surface area contributed by atoms with Crippen LogP contribution in [0.25, 0.3) is 0 Å². The summed E-state index contributed by atoms with van der Waals surface area (Å²) < 4.78 is 0. The molecule has 1 unspecified atom stereocenters. The molecule has 0 aliphatic carbocycles. The predicted octanol–water partition coefficient (Wildman–Crippen LogP) is 0.750. The van der Waals surface area contributed by atoms with E-state index < -0.39 is 0 Å². The molecule has 19 heavy (non-hydrogen) atoms. The molecule has 1 atom stereocenters. The number of nitrogens with zero attached hydrogens (tertiary/aromatic N) is 1. The zero-order valence-corrected chi connectivity index (χ0v) is 11.1. The van der Waals surface area contributed by atoms with Crippen LogP contribution in [0.4, 0.5) is 0 Å². The van der Waals surface area contributed by atoms with Crippen molar-refractivity contribution >= 4 is 11.8 Å². The number of nitrogens with one attached hydrogen (secondary N) is 2. The summed E-state index contributed by atoms with van der Waals surface area (Å²) >= 11 is 0. The van der Waals surface area contributed by atoms with Gasteiger partial charge in [-0.15, -0.1) is 0 Å². The third kappa shape index (κ3) is 5.96. The van der Waals surface area contributed by atoms with Crippen molar-refractivity contribution in [2.75, 3.05) is 0 Å². The third-order valence-corrected chi connectivity index (χ3v) is 2.69. The van der Waals surface area contributed by atoms with Crippen molar-refractivity contribution in [3.05, 3.63) is 30.1 Å². The van der Waals surface area contributed by atoms with E-state index in [1.54, 1.807) is 24.5 Å². The number of nitrogens with two attached hydrogens (primary N) is 1. The molecular formula is C13H20N4O2. The molecule has 0 bridgehead atoms. The van der Waals surface area contributed by atoms with Crippen molar-refractivity contribution < 1.29 is 9.59 Å². The van der Waals surface area contributed by atoms with Crippen molar-refractivity contribution in [1.29, 1.82) is 0 Å². The van der Waals surface area contributed by atoms with Gasteiger partial charge in [0.25, 0.3) is 5.91 Å². The van der Waals surface area contributed by atoms with E-state index in [1.807, 2.05) is 0 Å². The Labute approximate surface area is 112 Å². The van der Waals surface area contributed by atoms with Gasteiger partial charge in [0.1, 0.15) is 0 Å². The molecule has 6 nitrogen and oxygen atoms in total. The van der Waals surface area contributed by atoms with Gasteiger partial charge in [0, 0.05) is 30.4 Å². The first-order valence-electron chi connectivity index (χ1n) is 6.37. The maximum atomic E-state index is 11.8. The van der Waals surface area contributed by atoms with Gasteiger partial charge in [0.15, 0.2) is 0 Å². The highest BCUT2D eigenvalue weighted by Crippen LogP contribution is 2.03. The number of unbranched alkanes of at least 4 members (excludes halogenated alkanes) is 1. The molecule has 0 spiro atoms. The largest absolute Gasteiger partial charge is 0.370 e. The number of hydrogen-bond donors (Lipinski definition) is 3. The predicted molar refractivity (Wildman–Crippen MR) is 72.0 cm³/mol. The van der Waals surface area contributed by atoms with E-state index in [0.29, 0.717) is 5.56 Å². The molecule has 1 heterocycles. The van der Waals surface area contributed by atoms with Crippen molar-refractivity contribution in [2.24, 2.45) is 5.73 Å². The van der Waals surface area contributed by atoms with Crippen LogP contribution < -0.4 is 16.6 Å². The quantitative estimate of drug-likeness (QED) is 0.603. The molecule has 4 N–H and O–H groups in total. The molecule has 0 radical (unpaired) electrons. The average Bonchev–Trinajstić information content (AvgIpc) is 2.42. The van der Waals surface area contributed by atoms with Crippen molar-refractivity contribution in [1.82, 2.24) is 15.8 Å². The lowest BCUT2D eigenvalue weighted by molar-refractivity contribution is -0.118. The minimum atomic E-state index is -0.383. The van der Waals surface area contributed by atoms with Crippen molar-refractivity contribution in [2.45, 2.75) is 38.6 Å². The summed E-state index contributed by atoms with van der Waals surface area (Å²) in [5, 5.41) is 0. The van der Waals surface area contributed by atoms with Crippen LogP contribution in [0.1, 0.15) is 43.0 Å². The van der Waals surface area contributed by atoms with E-state index in [9.17, 15) is 9.59 Å². The SMILES string of the molecule is CCCCC(CC(N)=O)NNC(=O)c1ccncc1. The maximum absolute atomic E-state index is 11.8. The molecule has 0 aromatic carbocycles. The molecule has 0 fully saturated rings. The van der Waals surface area contributed by atoms with Crippen LogP contribution in [0.15, 0.2) is 24.5 Å². The number of rotatable bonds is 8. The summed E-state index contributed by atoms with van der Waals surface area (Å²) in [5.74, 6) is -0.639. The van der Waals surface area contributed by atoms with Gasteiger partial charge in [-0.3, -0.25) is 20.0 Å². The Hall–Kier alpha value is -1.95. The summed E-state index contributed by atoms with van der Waals surface area (Å²) in [4.78, 5) is 26.6. The number of carbonyl (C=O) groups is 2. The van der Waals surface area contributed by atoms with Gasteiger partial charge < -0.3 is 5.73 Å². The van der Waals surface area contributed by atoms with Gasteiger partial charge in [-0.2, -0.15) is 0 Å². The monoisotopic (exact) mass is 264 g/mol. The highest BCUT2D eigenvalue weighted by molar-refractivity contribution is 5.93. The van der Waals surface area contributed by atoms with Gasteiger partial charge >= 0.3 is 0 Å². The molecule has 0 saturated heterocycles. The van der Waals surface area contributed by atoms with Gasteiger partial charge in [-0.1, -0.05) is 19.8 Å². The molecular weight excluding hydrogens is 244 g/mol. The normalized spacial score (nSPS) is 11.8. The molecule has 1 aromatic heterocycles. The summed E-state index contributed by atoms with van der Waals surface area (Å²) in [7, 11) is 0. The number of amides is 2. The van der Waals surface area contributed by atoms with Crippen LogP contribution in [0.3, 0.4) is 0 Å². The topological polar surface area (TPSA) is 97.1 Å². The van der Waals surface area contributed by atoms with Crippen LogP contribution in [0.2, 0.25) is 0 Å². The fourth-order valence-corrected chi connectivity index (χ4v) is 1.66. The van der Waals surface area contributed by atoms with E-state index in [0.717, 1.165) is 19.3 Å². The number of primary amides is 1. The lowest BCUT2D eigenvalue weighted by Gasteiger charge is -2.17. The Kier molecular flexibility index (Phi) is 6.52. The number of aromatic nitrogens is 1. The van der Waals surface area contributed by atoms with E-state index in [1.165, 1.54) is 0 Å². The molecule has 1 aromatic rings. The van der Waals surface area contributed by atoms with Gasteiger partial charge in [-0.05, 0) is 18.6 Å². The zero-order valence-electron chi connectivity index (χ0n) is 11.1. The second-order valence-electron chi connectivity index (χ2n) is 4.34. The Morgan fingerprint density at radius 2 is 2.05 bits per heavy atom. The van der Waals surface area contributed by atoms with E-state index in [4.69, 9.17) is 5.73 Å². The van der Waals surface area contributed by atoms with Crippen LogP contribution in [0, 0.1) is 0 Å². The van der Waals surface area contributed by atoms with Crippen LogP contribution in [-0.4, -0.2) is 22.8 Å². The summed E-state index contributed by atoms with van der Waals surface area (Å²) in [5.41, 5.74) is 11.1. The number of pyridine rings is 1. The van der Waals surface area contributed by atoms with Crippen LogP contribution in [-0.2, 0) is 4.79 Å². The van der Waals surface area contributed by atoms with Gasteiger partial charge in [0.2, 0.25) is 5.91 Å². The lowest BCUT2D eigenvalue weighted by Crippen LogP contribution is -2.45. The highest BCUT2D eigenvalue weighted by Gasteiger charge is 2.12. The van der Waals surface area contributed by atoms with E-state index in [2.05, 4.69) is 22.8 Å². The Morgan fingerprint density at radius 1 is 1.37 bits per heavy atom. The van der Waals surface area contributed by atoms with Crippen LogP contribution in [0.5, 0.6) is 0 Å². The first-order valence-corrected chi connectivity index (χ1v) is 6.37. The Morgan fingerprint density at radius 3 is 2.63 bits per heavy atom. The molecule has 0 saturated carbocycles. The molecule has 104 valence electrons. The summed E-state index contributed by atoms with van der Waals surface area (Å²) in [6, 6.07) is 3.10. The summed E-state index contributed by atoms with van der Waals surface area (Å²) in [6.07, 6.45) is 6.08. The second kappa shape index (κ2) is 8.20. The first kappa shape index (κ1) is 15.1. The zero-order chi connectivity index (χ0) is 14.1. The third-order valence-electron chi connectivity index (χ3n) is 2.69. The average molecular weight is 264 g/mol. The molecule has 1 rings (SSSR count). The second-order valence-corrected chi connectivity index (χ2v) is 4.34. The van der Waals surface area contributed by atoms with Crippen molar-refractivity contribution in [3.8, 4) is 0 Å². The molecule has 2 amide bonds. The minimum absolute atomic E-state index is 0.136. The highest BCUT2D eigenvalue weighted by atomic mass is 16.2. The van der Waals surface area contributed by atoms with Crippen molar-refractivity contribution in [3.63, 3.8) is 0 Å². The van der Waals surface area contributed by atoms with Gasteiger partial charge in [0.05, 0.1) is 0 Å². The lowest BCUT2D eigenvalue weighted by atomic mass is 10.1. The fourth-order valence-electron chi connectivity index (χ4n) is 1.66. The minimum Gasteiger partial charge on any atom is -0.370 e. The number of hydrogen-bond acceptors (Lipinski definition) is 4. The first-order chi connectivity index (χ1) is 9.13. The molecule has 0 aliphatic rings. The molecule has 6 heteroatoms. The fraction of sp³-hybridized carbons (Fsp3) is 0.462.